The lowest BCUT2D eigenvalue weighted by Crippen LogP contribution is -2.31. The van der Waals surface area contributed by atoms with Crippen molar-refractivity contribution in [1.29, 1.82) is 0 Å². The maximum absolute atomic E-state index is 5.61. The van der Waals surface area contributed by atoms with Crippen molar-refractivity contribution in [2.24, 2.45) is 0 Å². The van der Waals surface area contributed by atoms with E-state index in [1.54, 1.807) is 7.11 Å². The summed E-state index contributed by atoms with van der Waals surface area (Å²) < 4.78 is 5.61. The molecule has 0 N–H and O–H groups in total. The average Bonchev–Trinajstić information content (AvgIpc) is 3.04. The van der Waals surface area contributed by atoms with Gasteiger partial charge in [0, 0.05) is 30.2 Å². The molecule has 2 heterocycles. The summed E-state index contributed by atoms with van der Waals surface area (Å²) in [6.45, 7) is 0. The molecule has 5 rings (SSSR count). The van der Waals surface area contributed by atoms with Crippen LogP contribution < -0.4 is 4.74 Å². The summed E-state index contributed by atoms with van der Waals surface area (Å²) >= 11 is 0. The molecule has 1 aliphatic rings. The Bertz CT molecular complexity index is 1110. The Morgan fingerprint density at radius 1 is 0.677 bits per heavy atom. The van der Waals surface area contributed by atoms with Gasteiger partial charge in [0.2, 0.25) is 0 Å². The molecule has 4 aromatic rings. The van der Waals surface area contributed by atoms with Gasteiger partial charge in [0.15, 0.2) is 0 Å². The van der Waals surface area contributed by atoms with E-state index < -0.39 is 0 Å². The lowest BCUT2D eigenvalue weighted by Gasteiger charge is -2.33. The van der Waals surface area contributed by atoms with Crippen LogP contribution in [0.3, 0.4) is 0 Å². The minimum Gasteiger partial charge on any atom is -0.497 e. The number of methoxy groups -OCH3 is 1. The summed E-state index contributed by atoms with van der Waals surface area (Å²) in [5, 5.41) is 0. The van der Waals surface area contributed by atoms with Crippen LogP contribution in [-0.2, 0) is 18.3 Å². The molecular formula is C26H24Cl2N2O. The number of nitrogens with zero attached hydrogens (tertiary/aromatic N) is 2. The largest absolute Gasteiger partial charge is 0.497 e. The Labute approximate surface area is 195 Å². The minimum atomic E-state index is -0.177. The standard InChI is InChI=1S/C26H22N2O.2ClH/c1-29-21-6-7-23-22-4-2-3-5-24(22)26(25(23)16-21,17-19-8-12-27-13-9-19)18-20-10-14-28-15-11-20;;/h2-16H,17-18H2,1H3;2*1H. The highest BCUT2D eigenvalue weighted by Gasteiger charge is 2.43. The third kappa shape index (κ3) is 4.04. The summed E-state index contributed by atoms with van der Waals surface area (Å²) in [7, 11) is 1.73. The fourth-order valence-corrected chi connectivity index (χ4v) is 4.70. The van der Waals surface area contributed by atoms with Gasteiger partial charge in [0.05, 0.1) is 7.11 Å². The van der Waals surface area contributed by atoms with Gasteiger partial charge in [-0.3, -0.25) is 9.97 Å². The molecule has 0 fully saturated rings. The smallest absolute Gasteiger partial charge is 0.119 e. The second kappa shape index (κ2) is 9.51. The Morgan fingerprint density at radius 3 is 1.81 bits per heavy atom. The van der Waals surface area contributed by atoms with Crippen molar-refractivity contribution < 1.29 is 4.74 Å². The lowest BCUT2D eigenvalue weighted by atomic mass is 9.70. The molecule has 0 saturated carbocycles. The van der Waals surface area contributed by atoms with Gasteiger partial charge in [-0.1, -0.05) is 30.3 Å². The number of fused-ring (bicyclic) bond motifs is 3. The van der Waals surface area contributed by atoms with Crippen LogP contribution in [0, 0.1) is 0 Å². The molecule has 2 aromatic carbocycles. The summed E-state index contributed by atoms with van der Waals surface area (Å²) in [4.78, 5) is 8.43. The van der Waals surface area contributed by atoms with Gasteiger partial charge in [-0.25, -0.2) is 0 Å². The lowest BCUT2D eigenvalue weighted by molar-refractivity contribution is 0.412. The minimum absolute atomic E-state index is 0. The van der Waals surface area contributed by atoms with Gasteiger partial charge < -0.3 is 4.74 Å². The second-order valence-electron chi connectivity index (χ2n) is 7.60. The van der Waals surface area contributed by atoms with Crippen molar-refractivity contribution >= 4 is 24.8 Å². The van der Waals surface area contributed by atoms with Crippen molar-refractivity contribution in [2.75, 3.05) is 7.11 Å². The third-order valence-electron chi connectivity index (χ3n) is 5.99. The molecular weight excluding hydrogens is 427 g/mol. The van der Waals surface area contributed by atoms with Crippen LogP contribution in [0.1, 0.15) is 22.3 Å². The average molecular weight is 451 g/mol. The molecule has 0 aliphatic heterocycles. The molecule has 0 spiro atoms. The van der Waals surface area contributed by atoms with Crippen molar-refractivity contribution in [2.45, 2.75) is 18.3 Å². The first kappa shape index (κ1) is 22.8. The van der Waals surface area contributed by atoms with E-state index in [1.165, 1.54) is 33.4 Å². The Balaban J connectivity index is 0.00000136. The summed E-state index contributed by atoms with van der Waals surface area (Å²) in [5.74, 6) is 0.894. The Morgan fingerprint density at radius 2 is 1.23 bits per heavy atom. The van der Waals surface area contributed by atoms with Crippen LogP contribution in [0.15, 0.2) is 91.5 Å². The number of hydrogen-bond donors (Lipinski definition) is 0. The molecule has 0 atom stereocenters. The molecule has 0 unspecified atom stereocenters. The predicted molar refractivity (Wildman–Crippen MR) is 130 cm³/mol. The van der Waals surface area contributed by atoms with Crippen molar-refractivity contribution in [3.8, 4) is 16.9 Å². The predicted octanol–water partition coefficient (Wildman–Crippen LogP) is 6.08. The first-order valence-corrected chi connectivity index (χ1v) is 9.86. The van der Waals surface area contributed by atoms with Crippen molar-refractivity contribution in [3.63, 3.8) is 0 Å². The monoisotopic (exact) mass is 450 g/mol. The fourth-order valence-electron chi connectivity index (χ4n) is 4.70. The van der Waals surface area contributed by atoms with E-state index in [9.17, 15) is 0 Å². The topological polar surface area (TPSA) is 35.0 Å². The van der Waals surface area contributed by atoms with Crippen LogP contribution in [0.5, 0.6) is 5.75 Å². The third-order valence-corrected chi connectivity index (χ3v) is 5.99. The number of halogens is 2. The van der Waals surface area contributed by atoms with E-state index in [4.69, 9.17) is 4.74 Å². The number of rotatable bonds is 5. The van der Waals surface area contributed by atoms with Gasteiger partial charge >= 0.3 is 0 Å². The zero-order chi connectivity index (χ0) is 19.7. The van der Waals surface area contributed by atoms with E-state index in [0.717, 1.165) is 18.6 Å². The quantitative estimate of drug-likeness (QED) is 0.369. The molecule has 5 heteroatoms. The highest BCUT2D eigenvalue weighted by atomic mass is 35.5. The molecule has 158 valence electrons. The highest BCUT2D eigenvalue weighted by Crippen LogP contribution is 2.53. The van der Waals surface area contributed by atoms with Gasteiger partial charge in [-0.2, -0.15) is 0 Å². The van der Waals surface area contributed by atoms with E-state index in [0.29, 0.717) is 0 Å². The van der Waals surface area contributed by atoms with Crippen LogP contribution in [-0.4, -0.2) is 17.1 Å². The molecule has 0 amide bonds. The normalized spacial score (nSPS) is 12.7. The molecule has 3 nitrogen and oxygen atoms in total. The van der Waals surface area contributed by atoms with Crippen LogP contribution in [0.4, 0.5) is 0 Å². The van der Waals surface area contributed by atoms with Crippen molar-refractivity contribution in [3.05, 3.63) is 114 Å². The second-order valence-corrected chi connectivity index (χ2v) is 7.60. The Hall–Kier alpha value is -2.88. The molecule has 0 saturated heterocycles. The first-order valence-electron chi connectivity index (χ1n) is 9.86. The molecule has 0 radical (unpaired) electrons. The molecule has 31 heavy (non-hydrogen) atoms. The zero-order valence-corrected chi connectivity index (χ0v) is 18.8. The molecule has 0 bridgehead atoms. The number of ether oxygens (including phenoxy) is 1. The number of hydrogen-bond acceptors (Lipinski definition) is 3. The van der Waals surface area contributed by atoms with Crippen LogP contribution in [0.25, 0.3) is 11.1 Å². The maximum atomic E-state index is 5.61. The zero-order valence-electron chi connectivity index (χ0n) is 17.2. The van der Waals surface area contributed by atoms with Gasteiger partial charge in [0.1, 0.15) is 5.75 Å². The van der Waals surface area contributed by atoms with Gasteiger partial charge in [-0.05, 0) is 82.6 Å². The van der Waals surface area contributed by atoms with Crippen molar-refractivity contribution in [1.82, 2.24) is 9.97 Å². The van der Waals surface area contributed by atoms with E-state index in [1.807, 2.05) is 24.8 Å². The highest BCUT2D eigenvalue weighted by molar-refractivity contribution is 5.85. The van der Waals surface area contributed by atoms with Crippen LogP contribution >= 0.6 is 24.8 Å². The SMILES string of the molecule is COc1ccc2c(c1)C(Cc1ccncc1)(Cc1ccncc1)c1ccccc1-2.Cl.Cl. The van der Waals surface area contributed by atoms with Crippen LogP contribution in [0.2, 0.25) is 0 Å². The van der Waals surface area contributed by atoms with Gasteiger partial charge in [0.25, 0.3) is 0 Å². The number of benzene rings is 2. The summed E-state index contributed by atoms with van der Waals surface area (Å²) in [6, 6.07) is 23.8. The number of pyridine rings is 2. The Kier molecular flexibility index (Phi) is 6.99. The maximum Gasteiger partial charge on any atom is 0.119 e. The first-order chi connectivity index (χ1) is 14.3. The van der Waals surface area contributed by atoms with E-state index in [2.05, 4.69) is 76.7 Å². The van der Waals surface area contributed by atoms with Gasteiger partial charge in [-0.15, -0.1) is 24.8 Å². The van der Waals surface area contributed by atoms with E-state index >= 15 is 0 Å². The summed E-state index contributed by atoms with van der Waals surface area (Å²) in [5.41, 5.74) is 7.68. The molecule has 2 aromatic heterocycles. The summed E-state index contributed by atoms with van der Waals surface area (Å²) in [6.07, 6.45) is 9.31. The fraction of sp³-hybridized carbons (Fsp3) is 0.154. The van der Waals surface area contributed by atoms with E-state index in [-0.39, 0.29) is 30.2 Å². The number of aromatic nitrogens is 2. The molecule has 1 aliphatic carbocycles.